The second-order valence-corrected chi connectivity index (χ2v) is 6.00. The van der Waals surface area contributed by atoms with Crippen LogP contribution in [0, 0.1) is 17.2 Å². The molecule has 5 unspecified atom stereocenters. The van der Waals surface area contributed by atoms with Gasteiger partial charge in [0.1, 0.15) is 11.9 Å². The lowest BCUT2D eigenvalue weighted by molar-refractivity contribution is -0.185. The summed E-state index contributed by atoms with van der Waals surface area (Å²) in [5, 5.41) is 18.7. The lowest BCUT2D eigenvalue weighted by Crippen LogP contribution is -2.51. The van der Waals surface area contributed by atoms with Crippen molar-refractivity contribution in [2.45, 2.75) is 69.4 Å². The molecular weight excluding hydrogens is 258 g/mol. The van der Waals surface area contributed by atoms with Crippen molar-refractivity contribution in [3.8, 4) is 6.07 Å². The van der Waals surface area contributed by atoms with E-state index in [0.29, 0.717) is 25.7 Å². The van der Waals surface area contributed by atoms with Crippen LogP contribution in [0.1, 0.15) is 45.4 Å². The Bertz CT molecular complexity index is 381. The summed E-state index contributed by atoms with van der Waals surface area (Å²) in [6, 6.07) is 2.23. The zero-order valence-corrected chi connectivity index (χ0v) is 12.0. The molecule has 2 rings (SSSR count). The van der Waals surface area contributed by atoms with Crippen LogP contribution in [0.4, 0.5) is 0 Å². The maximum absolute atomic E-state index is 10.5. The van der Waals surface area contributed by atoms with Gasteiger partial charge in [-0.05, 0) is 32.6 Å². The van der Waals surface area contributed by atoms with E-state index in [-0.39, 0.29) is 30.8 Å². The Labute approximate surface area is 119 Å². The molecule has 20 heavy (non-hydrogen) atoms. The van der Waals surface area contributed by atoms with Gasteiger partial charge in [-0.3, -0.25) is 0 Å². The number of ether oxygens (including phenoxy) is 2. The fourth-order valence-corrected chi connectivity index (χ4v) is 3.35. The molecule has 0 aromatic carbocycles. The van der Waals surface area contributed by atoms with E-state index in [9.17, 15) is 9.90 Å². The minimum atomic E-state index is -0.633. The molecule has 5 heteroatoms. The van der Waals surface area contributed by atoms with E-state index in [1.165, 1.54) is 0 Å². The summed E-state index contributed by atoms with van der Waals surface area (Å²) in [6.07, 6.45) is 5.03. The fraction of sp³-hybridized carbons (Fsp3) is 0.867. The number of hydrogen-bond acceptors (Lipinski definition) is 5. The molecule has 0 aliphatic carbocycles. The first-order chi connectivity index (χ1) is 9.63. The number of fused-ring (bicyclic) bond motifs is 1. The number of nitriles is 1. The fourth-order valence-electron chi connectivity index (χ4n) is 3.35. The molecule has 0 bridgehead atoms. The third kappa shape index (κ3) is 3.20. The third-order valence-electron chi connectivity index (χ3n) is 4.38. The van der Waals surface area contributed by atoms with Crippen molar-refractivity contribution in [2.75, 3.05) is 6.61 Å². The van der Waals surface area contributed by atoms with Crippen LogP contribution in [0.2, 0.25) is 0 Å². The number of aldehydes is 1. The number of aliphatic hydroxyl groups is 1. The van der Waals surface area contributed by atoms with Crippen LogP contribution in [-0.2, 0) is 14.3 Å². The molecule has 0 amide bonds. The topological polar surface area (TPSA) is 79.5 Å². The second kappa shape index (κ2) is 6.66. The molecule has 0 saturated carbocycles. The van der Waals surface area contributed by atoms with Crippen LogP contribution in [0.15, 0.2) is 0 Å². The van der Waals surface area contributed by atoms with Crippen LogP contribution in [0.3, 0.4) is 0 Å². The molecule has 5 nitrogen and oxygen atoms in total. The largest absolute Gasteiger partial charge is 0.393 e. The van der Waals surface area contributed by atoms with E-state index in [4.69, 9.17) is 14.7 Å². The maximum atomic E-state index is 10.5. The molecule has 2 heterocycles. The van der Waals surface area contributed by atoms with Gasteiger partial charge in [0, 0.05) is 18.8 Å². The Kier molecular flexibility index (Phi) is 5.14. The maximum Gasteiger partial charge on any atom is 0.120 e. The predicted molar refractivity (Wildman–Crippen MR) is 71.9 cm³/mol. The van der Waals surface area contributed by atoms with Gasteiger partial charge in [-0.15, -0.1) is 0 Å². The Morgan fingerprint density at radius 2 is 2.30 bits per heavy atom. The number of aliphatic hydroxyl groups excluding tert-OH is 1. The molecule has 112 valence electrons. The summed E-state index contributed by atoms with van der Waals surface area (Å²) in [5.74, 6) is -0.0412. The van der Waals surface area contributed by atoms with Crippen LogP contribution >= 0.6 is 0 Å². The van der Waals surface area contributed by atoms with Gasteiger partial charge in [0.2, 0.25) is 0 Å². The van der Waals surface area contributed by atoms with Crippen LogP contribution in [0.25, 0.3) is 0 Å². The third-order valence-corrected chi connectivity index (χ3v) is 4.38. The average Bonchev–Trinajstić information content (AvgIpc) is 2.83. The Balaban J connectivity index is 1.98. The number of carbonyl (C=O) groups is 1. The first-order valence-electron chi connectivity index (χ1n) is 7.41. The molecule has 0 radical (unpaired) electrons. The molecule has 2 aliphatic rings. The van der Waals surface area contributed by atoms with Crippen molar-refractivity contribution >= 4 is 6.29 Å². The lowest BCUT2D eigenvalue weighted by Gasteiger charge is -2.41. The van der Waals surface area contributed by atoms with E-state index in [0.717, 1.165) is 19.1 Å². The van der Waals surface area contributed by atoms with Crippen molar-refractivity contribution in [3.63, 3.8) is 0 Å². The van der Waals surface area contributed by atoms with Crippen LogP contribution in [-0.4, -0.2) is 41.9 Å². The van der Waals surface area contributed by atoms with Gasteiger partial charge in [-0.25, -0.2) is 0 Å². The highest BCUT2D eigenvalue weighted by Gasteiger charge is 2.52. The highest BCUT2D eigenvalue weighted by Crippen LogP contribution is 2.43. The van der Waals surface area contributed by atoms with Gasteiger partial charge in [-0.2, -0.15) is 5.26 Å². The lowest BCUT2D eigenvalue weighted by atomic mass is 9.85. The van der Waals surface area contributed by atoms with E-state index >= 15 is 0 Å². The summed E-state index contributed by atoms with van der Waals surface area (Å²) < 4.78 is 12.0. The Hall–Kier alpha value is -0.960. The first kappa shape index (κ1) is 15.4. The number of carbonyl (C=O) groups excluding carboxylic acids is 1. The van der Waals surface area contributed by atoms with Crippen molar-refractivity contribution in [2.24, 2.45) is 5.92 Å². The van der Waals surface area contributed by atoms with E-state index in [1.807, 2.05) is 6.92 Å². The molecule has 0 spiro atoms. The molecule has 0 aromatic heterocycles. The summed E-state index contributed by atoms with van der Waals surface area (Å²) in [6.45, 7) is 1.83. The zero-order chi connectivity index (χ0) is 14.6. The molecular formula is C15H23NO4. The summed E-state index contributed by atoms with van der Waals surface area (Å²) in [5.41, 5.74) is -0.633. The normalized spacial score (nSPS) is 38.0. The summed E-state index contributed by atoms with van der Waals surface area (Å²) in [4.78, 5) is 10.5. The zero-order valence-electron chi connectivity index (χ0n) is 12.0. The van der Waals surface area contributed by atoms with E-state index < -0.39 is 5.60 Å². The molecule has 2 fully saturated rings. The standard InChI is InChI=1S/C15H23NO4/c1-11(9-16)7-12-4-5-14-15(10-18,20-12)8-13(19-14)3-2-6-17/h6,11-14,18H,2-5,7-8,10H2,1H3. The van der Waals surface area contributed by atoms with Gasteiger partial charge in [0.25, 0.3) is 0 Å². The van der Waals surface area contributed by atoms with Gasteiger partial charge in [-0.1, -0.05) is 0 Å². The SMILES string of the molecule is CC(C#N)CC1CCC2OC(CCC=O)CC2(CO)O1. The number of nitrogens with zero attached hydrogens (tertiary/aromatic N) is 1. The quantitative estimate of drug-likeness (QED) is 0.748. The van der Waals surface area contributed by atoms with E-state index in [2.05, 4.69) is 6.07 Å². The van der Waals surface area contributed by atoms with E-state index in [1.54, 1.807) is 0 Å². The molecule has 2 aliphatic heterocycles. The van der Waals surface area contributed by atoms with Gasteiger partial charge in [0.05, 0.1) is 31.0 Å². The second-order valence-electron chi connectivity index (χ2n) is 6.00. The molecule has 5 atom stereocenters. The highest BCUT2D eigenvalue weighted by molar-refractivity contribution is 5.49. The minimum Gasteiger partial charge on any atom is -0.393 e. The van der Waals surface area contributed by atoms with Crippen LogP contribution in [0.5, 0.6) is 0 Å². The minimum absolute atomic E-state index is 0.00973. The number of rotatable bonds is 6. The monoisotopic (exact) mass is 281 g/mol. The van der Waals surface area contributed by atoms with Crippen molar-refractivity contribution in [3.05, 3.63) is 0 Å². The van der Waals surface area contributed by atoms with Crippen LogP contribution < -0.4 is 0 Å². The van der Waals surface area contributed by atoms with Gasteiger partial charge < -0.3 is 19.4 Å². The predicted octanol–water partition coefficient (Wildman–Crippen LogP) is 1.58. The smallest absolute Gasteiger partial charge is 0.120 e. The Morgan fingerprint density at radius 1 is 1.50 bits per heavy atom. The Morgan fingerprint density at radius 3 is 2.95 bits per heavy atom. The first-order valence-corrected chi connectivity index (χ1v) is 7.41. The van der Waals surface area contributed by atoms with Crippen molar-refractivity contribution in [1.82, 2.24) is 0 Å². The van der Waals surface area contributed by atoms with Crippen molar-refractivity contribution < 1.29 is 19.4 Å². The summed E-state index contributed by atoms with van der Waals surface area (Å²) in [7, 11) is 0. The van der Waals surface area contributed by atoms with Gasteiger partial charge in [0.15, 0.2) is 0 Å². The van der Waals surface area contributed by atoms with Crippen molar-refractivity contribution in [1.29, 1.82) is 5.26 Å². The molecule has 0 aromatic rings. The van der Waals surface area contributed by atoms with Gasteiger partial charge >= 0.3 is 0 Å². The number of hydrogen-bond donors (Lipinski definition) is 1. The summed E-state index contributed by atoms with van der Waals surface area (Å²) >= 11 is 0. The molecule has 2 saturated heterocycles. The highest BCUT2D eigenvalue weighted by atomic mass is 16.6. The average molecular weight is 281 g/mol. The molecule has 1 N–H and O–H groups in total.